The fourth-order valence-electron chi connectivity index (χ4n) is 2.82. The second-order valence-electron chi connectivity index (χ2n) is 5.58. The van der Waals surface area contributed by atoms with Gasteiger partial charge in [0.25, 0.3) is 5.56 Å². The van der Waals surface area contributed by atoms with E-state index >= 15 is 0 Å². The summed E-state index contributed by atoms with van der Waals surface area (Å²) in [5.74, 6) is 0.431. The van der Waals surface area contributed by atoms with E-state index in [9.17, 15) is 9.59 Å². The van der Waals surface area contributed by atoms with E-state index in [-0.39, 0.29) is 5.52 Å². The van der Waals surface area contributed by atoms with Crippen molar-refractivity contribution < 1.29 is 0 Å². The first-order chi connectivity index (χ1) is 11.5. The molecule has 4 rings (SSSR count). The maximum atomic E-state index is 12.3. The first-order valence-electron chi connectivity index (χ1n) is 7.22. The van der Waals surface area contributed by atoms with Gasteiger partial charge in [0.1, 0.15) is 0 Å². The SMILES string of the molecule is Cn1c(=O)c2nc3n(c2n(C)c1=O)CC(c1ccc(Cl)cc1)=NN3. The van der Waals surface area contributed by atoms with Gasteiger partial charge in [0.2, 0.25) is 5.95 Å². The summed E-state index contributed by atoms with van der Waals surface area (Å²) in [5.41, 5.74) is 4.38. The van der Waals surface area contributed by atoms with Crippen molar-refractivity contribution in [2.24, 2.45) is 19.2 Å². The molecule has 1 aliphatic heterocycles. The molecule has 0 radical (unpaired) electrons. The second kappa shape index (κ2) is 5.07. The van der Waals surface area contributed by atoms with E-state index in [1.165, 1.54) is 11.6 Å². The number of nitrogens with one attached hydrogen (secondary N) is 1. The zero-order chi connectivity index (χ0) is 17.0. The van der Waals surface area contributed by atoms with Gasteiger partial charge in [-0.15, -0.1) is 0 Å². The predicted molar refractivity (Wildman–Crippen MR) is 91.8 cm³/mol. The van der Waals surface area contributed by atoms with Crippen LogP contribution in [0.5, 0.6) is 0 Å². The number of halogens is 1. The van der Waals surface area contributed by atoms with Crippen LogP contribution in [0.25, 0.3) is 11.2 Å². The van der Waals surface area contributed by atoms with Crippen molar-refractivity contribution in [3.63, 3.8) is 0 Å². The number of hydrazone groups is 1. The van der Waals surface area contributed by atoms with Gasteiger partial charge in [-0.25, -0.2) is 15.2 Å². The fraction of sp³-hybridized carbons (Fsp3) is 0.200. The van der Waals surface area contributed by atoms with Gasteiger partial charge in [-0.2, -0.15) is 5.10 Å². The van der Waals surface area contributed by atoms with Crippen LogP contribution in [0.3, 0.4) is 0 Å². The number of hydrogen-bond acceptors (Lipinski definition) is 5. The standard InChI is InChI=1S/C15H13ClN6O2/c1-20-12-11(13(23)21(2)15(20)24)17-14-19-18-10(7-22(12)14)8-3-5-9(16)6-4-8/h3-6H,7H2,1-2H3,(H,17,19). The van der Waals surface area contributed by atoms with Gasteiger partial charge in [-0.05, 0) is 17.7 Å². The smallest absolute Gasteiger partial charge is 0.288 e. The summed E-state index contributed by atoms with van der Waals surface area (Å²) in [7, 11) is 3.05. The summed E-state index contributed by atoms with van der Waals surface area (Å²) in [6.07, 6.45) is 0. The number of benzene rings is 1. The molecule has 1 aromatic carbocycles. The highest BCUT2D eigenvalue weighted by atomic mass is 35.5. The van der Waals surface area contributed by atoms with E-state index in [0.717, 1.165) is 15.8 Å². The van der Waals surface area contributed by atoms with E-state index in [1.54, 1.807) is 23.7 Å². The Hall–Kier alpha value is -2.87. The lowest BCUT2D eigenvalue weighted by molar-refractivity contribution is 0.693. The Morgan fingerprint density at radius 2 is 1.83 bits per heavy atom. The van der Waals surface area contributed by atoms with E-state index < -0.39 is 11.2 Å². The third kappa shape index (κ3) is 2.00. The Labute approximate surface area is 140 Å². The van der Waals surface area contributed by atoms with Gasteiger partial charge in [0.05, 0.1) is 12.3 Å². The first kappa shape index (κ1) is 14.7. The van der Waals surface area contributed by atoms with Crippen LogP contribution in [0.15, 0.2) is 39.0 Å². The zero-order valence-corrected chi connectivity index (χ0v) is 13.7. The topological polar surface area (TPSA) is 86.2 Å². The molecule has 0 atom stereocenters. The Bertz CT molecular complexity index is 1120. The molecule has 24 heavy (non-hydrogen) atoms. The highest BCUT2D eigenvalue weighted by molar-refractivity contribution is 6.30. The maximum absolute atomic E-state index is 12.3. The van der Waals surface area contributed by atoms with Crippen LogP contribution in [-0.2, 0) is 20.6 Å². The van der Waals surface area contributed by atoms with Crippen LogP contribution < -0.4 is 16.7 Å². The molecule has 0 amide bonds. The number of imidazole rings is 1. The third-order valence-electron chi connectivity index (χ3n) is 4.12. The normalized spacial score (nSPS) is 13.5. The lowest BCUT2D eigenvalue weighted by Crippen LogP contribution is -2.37. The van der Waals surface area contributed by atoms with Crippen LogP contribution in [0.4, 0.5) is 5.95 Å². The molecular weight excluding hydrogens is 332 g/mol. The highest BCUT2D eigenvalue weighted by Crippen LogP contribution is 2.21. The number of fused-ring (bicyclic) bond motifs is 3. The largest absolute Gasteiger partial charge is 0.332 e. The molecule has 0 spiro atoms. The van der Waals surface area contributed by atoms with E-state index in [0.29, 0.717) is 23.2 Å². The van der Waals surface area contributed by atoms with Crippen LogP contribution in [-0.4, -0.2) is 24.4 Å². The molecule has 0 saturated carbocycles. The van der Waals surface area contributed by atoms with Crippen molar-refractivity contribution in [1.82, 2.24) is 18.7 Å². The molecule has 0 unspecified atom stereocenters. The average Bonchev–Trinajstić information content (AvgIpc) is 2.97. The van der Waals surface area contributed by atoms with Crippen LogP contribution in [0.2, 0.25) is 5.02 Å². The highest BCUT2D eigenvalue weighted by Gasteiger charge is 2.22. The molecule has 0 aliphatic carbocycles. The number of aromatic nitrogens is 4. The molecule has 1 N–H and O–H groups in total. The van der Waals surface area contributed by atoms with Gasteiger partial charge in [0, 0.05) is 19.1 Å². The Kier molecular flexibility index (Phi) is 3.10. The Morgan fingerprint density at radius 1 is 1.12 bits per heavy atom. The number of anilines is 1. The summed E-state index contributed by atoms with van der Waals surface area (Å²) in [6.45, 7) is 0.390. The summed E-state index contributed by atoms with van der Waals surface area (Å²) < 4.78 is 4.23. The van der Waals surface area contributed by atoms with Crippen molar-refractivity contribution >= 4 is 34.4 Å². The molecule has 1 aliphatic rings. The molecule has 2 aromatic heterocycles. The summed E-state index contributed by atoms with van der Waals surface area (Å²) in [4.78, 5) is 28.8. The minimum Gasteiger partial charge on any atom is -0.288 e. The number of nitrogens with zero attached hydrogens (tertiary/aromatic N) is 5. The van der Waals surface area contributed by atoms with E-state index in [2.05, 4.69) is 15.5 Å². The van der Waals surface area contributed by atoms with Crippen molar-refractivity contribution in [2.75, 3.05) is 5.43 Å². The van der Waals surface area contributed by atoms with Gasteiger partial charge >= 0.3 is 5.69 Å². The van der Waals surface area contributed by atoms with Gasteiger partial charge in [-0.1, -0.05) is 23.7 Å². The lowest BCUT2D eigenvalue weighted by Gasteiger charge is -2.17. The molecule has 3 heterocycles. The van der Waals surface area contributed by atoms with Gasteiger partial charge in [0.15, 0.2) is 11.2 Å². The summed E-state index contributed by atoms with van der Waals surface area (Å²) in [5, 5.41) is 4.96. The summed E-state index contributed by atoms with van der Waals surface area (Å²) >= 11 is 5.92. The van der Waals surface area contributed by atoms with Crippen molar-refractivity contribution in [1.29, 1.82) is 0 Å². The quantitative estimate of drug-likeness (QED) is 0.711. The Morgan fingerprint density at radius 3 is 2.54 bits per heavy atom. The van der Waals surface area contributed by atoms with Crippen molar-refractivity contribution in [2.45, 2.75) is 6.54 Å². The lowest BCUT2D eigenvalue weighted by atomic mass is 10.1. The van der Waals surface area contributed by atoms with E-state index in [4.69, 9.17) is 11.6 Å². The monoisotopic (exact) mass is 344 g/mol. The molecule has 0 saturated heterocycles. The van der Waals surface area contributed by atoms with Crippen LogP contribution in [0.1, 0.15) is 5.56 Å². The number of hydrogen-bond donors (Lipinski definition) is 1. The predicted octanol–water partition coefficient (Wildman–Crippen LogP) is 0.917. The van der Waals surface area contributed by atoms with Crippen molar-refractivity contribution in [3.8, 4) is 0 Å². The molecule has 8 nitrogen and oxygen atoms in total. The summed E-state index contributed by atoms with van der Waals surface area (Å²) in [6, 6.07) is 7.30. The minimum absolute atomic E-state index is 0.231. The maximum Gasteiger partial charge on any atom is 0.332 e. The third-order valence-corrected chi connectivity index (χ3v) is 4.37. The van der Waals surface area contributed by atoms with E-state index in [1.807, 2.05) is 12.1 Å². The first-order valence-corrected chi connectivity index (χ1v) is 7.60. The number of rotatable bonds is 1. The molecule has 3 aromatic rings. The fourth-order valence-corrected chi connectivity index (χ4v) is 2.95. The molecular formula is C15H13ClN6O2. The zero-order valence-electron chi connectivity index (χ0n) is 12.9. The molecule has 0 bridgehead atoms. The minimum atomic E-state index is -0.426. The van der Waals surface area contributed by atoms with Crippen molar-refractivity contribution in [3.05, 3.63) is 55.7 Å². The molecule has 9 heteroatoms. The van der Waals surface area contributed by atoms with Gasteiger partial charge in [-0.3, -0.25) is 18.5 Å². The molecule has 0 fully saturated rings. The van der Waals surface area contributed by atoms with Crippen LogP contribution in [0, 0.1) is 0 Å². The average molecular weight is 345 g/mol. The number of aryl methyl sites for hydroxylation is 1. The van der Waals surface area contributed by atoms with Gasteiger partial charge < -0.3 is 0 Å². The Balaban J connectivity index is 1.90. The van der Waals surface area contributed by atoms with Crippen LogP contribution >= 0.6 is 11.6 Å². The second-order valence-corrected chi connectivity index (χ2v) is 6.01. The molecule has 122 valence electrons.